The Kier molecular flexibility index (Phi) is 10.3. The minimum atomic E-state index is -0.231. The van der Waals surface area contributed by atoms with Gasteiger partial charge in [-0.15, -0.1) is 11.8 Å². The van der Waals surface area contributed by atoms with Crippen molar-refractivity contribution in [2.75, 3.05) is 13.7 Å². The topological polar surface area (TPSA) is 72.5 Å². The molecule has 0 spiro atoms. The molecule has 1 amide bonds. The number of allylic oxidation sites excluding steroid dienone is 1. The molecule has 1 fully saturated rings. The van der Waals surface area contributed by atoms with Gasteiger partial charge >= 0.3 is 5.97 Å². The Morgan fingerprint density at radius 2 is 2.04 bits per heavy atom. The number of nitrogens with one attached hydrogen (secondary N) is 1. The Balaban J connectivity index is 2.39. The van der Waals surface area contributed by atoms with Crippen LogP contribution in [0.5, 0.6) is 0 Å². The highest BCUT2D eigenvalue weighted by Gasteiger charge is 2.32. The summed E-state index contributed by atoms with van der Waals surface area (Å²) in [4.78, 5) is 34.7. The summed E-state index contributed by atoms with van der Waals surface area (Å²) in [5.74, 6) is 5.74. The molecule has 1 rings (SSSR count). The van der Waals surface area contributed by atoms with Crippen LogP contribution in [0.2, 0.25) is 0 Å². The molecule has 0 bridgehead atoms. The summed E-state index contributed by atoms with van der Waals surface area (Å²) in [5.41, 5.74) is 0. The van der Waals surface area contributed by atoms with Crippen molar-refractivity contribution >= 4 is 17.7 Å². The molecule has 0 aromatic heterocycles. The number of hydrogen-bond donors (Lipinski definition) is 1. The molecule has 0 aromatic carbocycles. The van der Waals surface area contributed by atoms with E-state index in [0.29, 0.717) is 38.6 Å². The zero-order chi connectivity index (χ0) is 18.5. The van der Waals surface area contributed by atoms with Crippen LogP contribution < -0.4 is 5.32 Å². The number of unbranched alkanes of at least 4 members (excludes halogenated alkanes) is 3. The Bertz CT molecular complexity index is 542. The van der Waals surface area contributed by atoms with Crippen LogP contribution >= 0.6 is 0 Å². The molecule has 2 atom stereocenters. The molecular weight excluding hydrogens is 318 g/mol. The summed E-state index contributed by atoms with van der Waals surface area (Å²) in [7, 11) is 1.37. The van der Waals surface area contributed by atoms with Gasteiger partial charge in [-0.05, 0) is 18.9 Å². The third-order valence-electron chi connectivity index (χ3n) is 4.28. The van der Waals surface area contributed by atoms with Crippen molar-refractivity contribution in [3.63, 3.8) is 0 Å². The highest BCUT2D eigenvalue weighted by atomic mass is 16.5. The molecule has 0 aromatic rings. The number of carbonyl (C=O) groups excluding carboxylic acids is 3. The van der Waals surface area contributed by atoms with Crippen molar-refractivity contribution in [3.05, 3.63) is 12.2 Å². The van der Waals surface area contributed by atoms with Gasteiger partial charge in [0.2, 0.25) is 5.91 Å². The summed E-state index contributed by atoms with van der Waals surface area (Å²) >= 11 is 0. The molecule has 1 N–H and O–H groups in total. The molecule has 1 aliphatic heterocycles. The highest BCUT2D eigenvalue weighted by molar-refractivity contribution is 5.90. The fourth-order valence-corrected chi connectivity index (χ4v) is 2.69. The number of carbonyl (C=O) groups is 3. The van der Waals surface area contributed by atoms with Gasteiger partial charge in [-0.1, -0.05) is 25.8 Å². The van der Waals surface area contributed by atoms with E-state index in [9.17, 15) is 14.4 Å². The maximum absolute atomic E-state index is 11.9. The third-order valence-corrected chi connectivity index (χ3v) is 4.28. The van der Waals surface area contributed by atoms with E-state index in [-0.39, 0.29) is 29.5 Å². The van der Waals surface area contributed by atoms with Crippen LogP contribution in [0.25, 0.3) is 0 Å². The first-order valence-corrected chi connectivity index (χ1v) is 9.09. The molecule has 5 nitrogen and oxygen atoms in total. The maximum Gasteiger partial charge on any atom is 0.305 e. The first-order valence-electron chi connectivity index (χ1n) is 9.09. The summed E-state index contributed by atoms with van der Waals surface area (Å²) < 4.78 is 4.57. The van der Waals surface area contributed by atoms with Gasteiger partial charge in [0, 0.05) is 38.1 Å². The average Bonchev–Trinajstić information content (AvgIpc) is 2.96. The SMILES string of the molecule is CCCCCC(=O)C=C[C@H]1CNC(=O)[C@@H]1CC#CCCCC(=O)OC. The Labute approximate surface area is 150 Å². The second kappa shape index (κ2) is 12.3. The second-order valence-electron chi connectivity index (χ2n) is 6.29. The number of rotatable bonds is 10. The lowest BCUT2D eigenvalue weighted by Gasteiger charge is -2.09. The van der Waals surface area contributed by atoms with E-state index in [2.05, 4.69) is 28.8 Å². The summed E-state index contributed by atoms with van der Waals surface area (Å²) in [5, 5.41) is 2.84. The number of ether oxygens (including phenoxy) is 1. The van der Waals surface area contributed by atoms with Crippen LogP contribution in [0.15, 0.2) is 12.2 Å². The summed E-state index contributed by atoms with van der Waals surface area (Å²) in [6, 6.07) is 0. The largest absolute Gasteiger partial charge is 0.469 e. The van der Waals surface area contributed by atoms with Crippen LogP contribution in [0, 0.1) is 23.7 Å². The molecule has 138 valence electrons. The Hall–Kier alpha value is -2.09. The van der Waals surface area contributed by atoms with Crippen LogP contribution in [0.4, 0.5) is 0 Å². The molecule has 1 heterocycles. The molecule has 0 aliphatic carbocycles. The molecular formula is C20H29NO4. The van der Waals surface area contributed by atoms with E-state index < -0.39 is 0 Å². The van der Waals surface area contributed by atoms with Crippen molar-refractivity contribution < 1.29 is 19.1 Å². The predicted octanol–water partition coefficient (Wildman–Crippen LogP) is 2.79. The van der Waals surface area contributed by atoms with Crippen LogP contribution in [0.1, 0.15) is 58.3 Å². The third kappa shape index (κ3) is 8.53. The monoisotopic (exact) mass is 347 g/mol. The zero-order valence-corrected chi connectivity index (χ0v) is 15.3. The van der Waals surface area contributed by atoms with Gasteiger partial charge < -0.3 is 10.1 Å². The van der Waals surface area contributed by atoms with Crippen molar-refractivity contribution in [2.45, 2.75) is 58.3 Å². The van der Waals surface area contributed by atoms with Gasteiger partial charge in [-0.2, -0.15) is 0 Å². The first kappa shape index (κ1) is 21.0. The minimum Gasteiger partial charge on any atom is -0.469 e. The van der Waals surface area contributed by atoms with E-state index in [4.69, 9.17) is 0 Å². The number of hydrogen-bond acceptors (Lipinski definition) is 4. The van der Waals surface area contributed by atoms with Gasteiger partial charge in [-0.3, -0.25) is 14.4 Å². The van der Waals surface area contributed by atoms with E-state index in [1.807, 2.05) is 6.08 Å². The zero-order valence-electron chi connectivity index (χ0n) is 15.3. The summed E-state index contributed by atoms with van der Waals surface area (Å²) in [6.45, 7) is 2.67. The van der Waals surface area contributed by atoms with Crippen molar-refractivity contribution in [1.29, 1.82) is 0 Å². The second-order valence-corrected chi connectivity index (χ2v) is 6.29. The molecule has 0 saturated carbocycles. The van der Waals surface area contributed by atoms with Gasteiger partial charge in [0.05, 0.1) is 13.0 Å². The standard InChI is InChI=1S/C20H29NO4/c1-3-4-7-10-17(22)14-13-16-15-21-20(24)18(16)11-8-5-6-9-12-19(23)25-2/h13-14,16,18H,3-4,6-7,9-12,15H2,1-2H3,(H,21,24)/t16-,18+/m0/s1. The lowest BCUT2D eigenvalue weighted by Crippen LogP contribution is -2.19. The molecule has 1 aliphatic rings. The fraction of sp³-hybridized carbons (Fsp3) is 0.650. The normalized spacial score (nSPS) is 19.4. The number of esters is 1. The smallest absolute Gasteiger partial charge is 0.305 e. The Morgan fingerprint density at radius 3 is 2.76 bits per heavy atom. The minimum absolute atomic E-state index is 0.00283. The highest BCUT2D eigenvalue weighted by Crippen LogP contribution is 2.22. The molecule has 5 heteroatoms. The number of ketones is 1. The maximum atomic E-state index is 11.9. The Morgan fingerprint density at radius 1 is 1.24 bits per heavy atom. The number of amides is 1. The lowest BCUT2D eigenvalue weighted by atomic mass is 9.91. The van der Waals surface area contributed by atoms with Crippen LogP contribution in [-0.2, 0) is 19.1 Å². The van der Waals surface area contributed by atoms with Crippen LogP contribution in [-0.4, -0.2) is 31.3 Å². The van der Waals surface area contributed by atoms with Gasteiger partial charge in [0.1, 0.15) is 0 Å². The molecule has 25 heavy (non-hydrogen) atoms. The van der Waals surface area contributed by atoms with Crippen molar-refractivity contribution in [2.24, 2.45) is 11.8 Å². The van der Waals surface area contributed by atoms with Gasteiger partial charge in [0.15, 0.2) is 5.78 Å². The lowest BCUT2D eigenvalue weighted by molar-refractivity contribution is -0.140. The van der Waals surface area contributed by atoms with Crippen molar-refractivity contribution in [1.82, 2.24) is 5.32 Å². The van der Waals surface area contributed by atoms with E-state index in [1.54, 1.807) is 6.08 Å². The van der Waals surface area contributed by atoms with E-state index in [0.717, 1.165) is 19.3 Å². The fourth-order valence-electron chi connectivity index (χ4n) is 2.69. The first-order chi connectivity index (χ1) is 12.1. The number of methoxy groups -OCH3 is 1. The van der Waals surface area contributed by atoms with E-state index >= 15 is 0 Å². The molecule has 0 unspecified atom stereocenters. The van der Waals surface area contributed by atoms with Gasteiger partial charge in [0.25, 0.3) is 0 Å². The van der Waals surface area contributed by atoms with E-state index in [1.165, 1.54) is 7.11 Å². The predicted molar refractivity (Wildman–Crippen MR) is 96.5 cm³/mol. The van der Waals surface area contributed by atoms with Crippen molar-refractivity contribution in [3.8, 4) is 11.8 Å². The van der Waals surface area contributed by atoms with Crippen LogP contribution in [0.3, 0.4) is 0 Å². The quantitative estimate of drug-likeness (QED) is 0.285. The molecule has 1 saturated heterocycles. The molecule has 0 radical (unpaired) electrons. The summed E-state index contributed by atoms with van der Waals surface area (Å²) in [6.07, 6.45) is 9.24. The average molecular weight is 347 g/mol. The van der Waals surface area contributed by atoms with Gasteiger partial charge in [-0.25, -0.2) is 0 Å².